The number of hydrogen-bond acceptors (Lipinski definition) is 6. The SMILES string of the molecule is O=C(c1nocc1[N+](=O)[O-])N1CCN(C(c2ccc(Cl)cc2)c2ccc(Cl)cc2)CC1. The lowest BCUT2D eigenvalue weighted by atomic mass is 9.96. The number of rotatable bonds is 5. The lowest BCUT2D eigenvalue weighted by Crippen LogP contribution is -2.50. The normalized spacial score (nSPS) is 14.7. The Morgan fingerprint density at radius 1 is 0.968 bits per heavy atom. The number of nitro groups is 1. The smallest absolute Gasteiger partial charge is 0.341 e. The first-order chi connectivity index (χ1) is 14.9. The van der Waals surface area contributed by atoms with Gasteiger partial charge in [0.15, 0.2) is 0 Å². The summed E-state index contributed by atoms with van der Waals surface area (Å²) in [5.41, 5.74) is 1.44. The van der Waals surface area contributed by atoms with E-state index in [0.29, 0.717) is 36.2 Å². The number of benzene rings is 2. The van der Waals surface area contributed by atoms with Crippen LogP contribution in [0.3, 0.4) is 0 Å². The van der Waals surface area contributed by atoms with Crippen molar-refractivity contribution in [1.82, 2.24) is 15.0 Å². The number of halogens is 2. The lowest BCUT2D eigenvalue weighted by molar-refractivity contribution is -0.385. The molecule has 1 saturated heterocycles. The third-order valence-electron chi connectivity index (χ3n) is 5.29. The predicted octanol–water partition coefficient (Wildman–Crippen LogP) is 4.44. The monoisotopic (exact) mass is 460 g/mol. The van der Waals surface area contributed by atoms with Crippen LogP contribution in [0.4, 0.5) is 5.69 Å². The highest BCUT2D eigenvalue weighted by Gasteiger charge is 2.33. The Morgan fingerprint density at radius 2 is 1.48 bits per heavy atom. The molecule has 0 radical (unpaired) electrons. The molecule has 1 fully saturated rings. The van der Waals surface area contributed by atoms with Crippen molar-refractivity contribution in [3.63, 3.8) is 0 Å². The van der Waals surface area contributed by atoms with Crippen molar-refractivity contribution >= 4 is 34.8 Å². The first-order valence-electron chi connectivity index (χ1n) is 9.57. The van der Waals surface area contributed by atoms with Crippen molar-refractivity contribution in [3.8, 4) is 0 Å². The molecular weight excluding hydrogens is 443 g/mol. The van der Waals surface area contributed by atoms with E-state index < -0.39 is 16.5 Å². The van der Waals surface area contributed by atoms with Crippen LogP contribution in [0.1, 0.15) is 27.7 Å². The molecular formula is C21H18Cl2N4O4. The minimum atomic E-state index is -0.670. The topological polar surface area (TPSA) is 92.7 Å². The number of carbonyl (C=O) groups excluding carboxylic acids is 1. The second kappa shape index (κ2) is 9.05. The summed E-state index contributed by atoms with van der Waals surface area (Å²) in [5, 5.41) is 15.9. The Bertz CT molecular complexity index is 1030. The summed E-state index contributed by atoms with van der Waals surface area (Å²) in [6.07, 6.45) is 0.876. The van der Waals surface area contributed by atoms with Crippen LogP contribution in [0.5, 0.6) is 0 Å². The van der Waals surface area contributed by atoms with E-state index in [2.05, 4.69) is 14.6 Å². The van der Waals surface area contributed by atoms with Crippen molar-refractivity contribution in [1.29, 1.82) is 0 Å². The maximum Gasteiger partial charge on any atom is 0.341 e. The molecule has 0 spiro atoms. The Balaban J connectivity index is 1.54. The molecule has 10 heteroatoms. The zero-order valence-electron chi connectivity index (χ0n) is 16.3. The van der Waals surface area contributed by atoms with Crippen LogP contribution in [0, 0.1) is 10.1 Å². The van der Waals surface area contributed by atoms with Gasteiger partial charge in [-0.15, -0.1) is 0 Å². The average Bonchev–Trinajstić information content (AvgIpc) is 3.27. The van der Waals surface area contributed by atoms with Crippen molar-refractivity contribution in [2.45, 2.75) is 6.04 Å². The summed E-state index contributed by atoms with van der Waals surface area (Å²) in [4.78, 5) is 27.0. The fraction of sp³-hybridized carbons (Fsp3) is 0.238. The average molecular weight is 461 g/mol. The van der Waals surface area contributed by atoms with Crippen LogP contribution in [0.15, 0.2) is 59.3 Å². The lowest BCUT2D eigenvalue weighted by Gasteiger charge is -2.39. The van der Waals surface area contributed by atoms with Gasteiger partial charge < -0.3 is 9.42 Å². The van der Waals surface area contributed by atoms with E-state index >= 15 is 0 Å². The maximum absolute atomic E-state index is 12.7. The number of amides is 1. The maximum atomic E-state index is 12.7. The van der Waals surface area contributed by atoms with Gasteiger partial charge in [-0.3, -0.25) is 19.8 Å². The van der Waals surface area contributed by atoms with Crippen molar-refractivity contribution < 1.29 is 14.2 Å². The molecule has 2 aromatic carbocycles. The van der Waals surface area contributed by atoms with E-state index in [0.717, 1.165) is 17.4 Å². The zero-order chi connectivity index (χ0) is 22.0. The van der Waals surface area contributed by atoms with Crippen LogP contribution in [0.25, 0.3) is 0 Å². The summed E-state index contributed by atoms with van der Waals surface area (Å²) in [5.74, 6) is -0.505. The van der Waals surface area contributed by atoms with Gasteiger partial charge in [0.1, 0.15) is 0 Å². The van der Waals surface area contributed by atoms with Gasteiger partial charge in [-0.05, 0) is 35.4 Å². The molecule has 0 N–H and O–H groups in total. The molecule has 0 bridgehead atoms. The molecule has 0 aliphatic carbocycles. The summed E-state index contributed by atoms with van der Waals surface area (Å²) in [6.45, 7) is 1.96. The van der Waals surface area contributed by atoms with E-state index in [1.54, 1.807) is 4.90 Å². The molecule has 1 aliphatic rings. The van der Waals surface area contributed by atoms with Crippen LogP contribution in [-0.4, -0.2) is 52.0 Å². The van der Waals surface area contributed by atoms with E-state index in [9.17, 15) is 14.9 Å². The van der Waals surface area contributed by atoms with Gasteiger partial charge in [0, 0.05) is 36.2 Å². The molecule has 8 nitrogen and oxygen atoms in total. The molecule has 2 heterocycles. The van der Waals surface area contributed by atoms with E-state index in [-0.39, 0.29) is 11.7 Å². The second-order valence-corrected chi connectivity index (χ2v) is 8.01. The third kappa shape index (κ3) is 4.56. The number of nitrogens with zero attached hydrogens (tertiary/aromatic N) is 4. The summed E-state index contributed by atoms with van der Waals surface area (Å²) >= 11 is 12.1. The molecule has 0 saturated carbocycles. The second-order valence-electron chi connectivity index (χ2n) is 7.14. The summed E-state index contributed by atoms with van der Waals surface area (Å²) < 4.78 is 4.64. The molecule has 1 amide bonds. The van der Waals surface area contributed by atoms with Crippen LogP contribution < -0.4 is 0 Å². The molecule has 31 heavy (non-hydrogen) atoms. The molecule has 3 aromatic rings. The van der Waals surface area contributed by atoms with Crippen molar-refractivity contribution in [3.05, 3.63) is 91.8 Å². The predicted molar refractivity (Wildman–Crippen MR) is 115 cm³/mol. The Kier molecular flexibility index (Phi) is 6.22. The summed E-state index contributed by atoms with van der Waals surface area (Å²) in [7, 11) is 0. The van der Waals surface area contributed by atoms with Gasteiger partial charge in [-0.2, -0.15) is 0 Å². The fourth-order valence-electron chi connectivity index (χ4n) is 3.75. The largest absolute Gasteiger partial charge is 0.356 e. The standard InChI is InChI=1S/C21H18Cl2N4O4/c22-16-5-1-14(2-6-16)20(15-3-7-17(23)8-4-15)25-9-11-26(12-10-25)21(28)19-18(27(29)30)13-31-24-19/h1-8,13,20H,9-12H2. The van der Waals surface area contributed by atoms with E-state index in [1.165, 1.54) is 0 Å². The van der Waals surface area contributed by atoms with Gasteiger partial charge >= 0.3 is 5.69 Å². The molecule has 4 rings (SSSR count). The minimum absolute atomic E-state index is 0.0480. The quantitative estimate of drug-likeness (QED) is 0.412. The number of aromatic nitrogens is 1. The zero-order valence-corrected chi connectivity index (χ0v) is 17.8. The number of piperazine rings is 1. The van der Waals surface area contributed by atoms with Gasteiger partial charge in [-0.25, -0.2) is 0 Å². The van der Waals surface area contributed by atoms with Crippen molar-refractivity contribution in [2.24, 2.45) is 0 Å². The van der Waals surface area contributed by atoms with Crippen LogP contribution in [-0.2, 0) is 0 Å². The van der Waals surface area contributed by atoms with E-state index in [1.807, 2.05) is 48.5 Å². The molecule has 0 atom stereocenters. The third-order valence-corrected chi connectivity index (χ3v) is 5.79. The molecule has 1 aromatic heterocycles. The molecule has 1 aliphatic heterocycles. The highest BCUT2D eigenvalue weighted by molar-refractivity contribution is 6.30. The fourth-order valence-corrected chi connectivity index (χ4v) is 4.00. The number of carbonyl (C=O) groups is 1. The van der Waals surface area contributed by atoms with Gasteiger partial charge in [0.25, 0.3) is 5.91 Å². The Morgan fingerprint density at radius 3 is 1.97 bits per heavy atom. The first kappa shape index (κ1) is 21.3. The van der Waals surface area contributed by atoms with Crippen molar-refractivity contribution in [2.75, 3.05) is 26.2 Å². The summed E-state index contributed by atoms with van der Waals surface area (Å²) in [6, 6.07) is 15.3. The van der Waals surface area contributed by atoms with E-state index in [4.69, 9.17) is 23.2 Å². The molecule has 0 unspecified atom stereocenters. The highest BCUT2D eigenvalue weighted by atomic mass is 35.5. The first-order valence-corrected chi connectivity index (χ1v) is 10.3. The van der Waals surface area contributed by atoms with Crippen LogP contribution >= 0.6 is 23.2 Å². The van der Waals surface area contributed by atoms with Gasteiger partial charge in [-0.1, -0.05) is 52.6 Å². The Hall–Kier alpha value is -2.94. The van der Waals surface area contributed by atoms with Gasteiger partial charge in [0.05, 0.1) is 11.0 Å². The number of hydrogen-bond donors (Lipinski definition) is 0. The highest BCUT2D eigenvalue weighted by Crippen LogP contribution is 2.31. The molecule has 160 valence electrons. The van der Waals surface area contributed by atoms with Crippen LogP contribution in [0.2, 0.25) is 10.0 Å². The van der Waals surface area contributed by atoms with Gasteiger partial charge in [0.2, 0.25) is 12.0 Å². The Labute approximate surface area is 188 Å². The minimum Gasteiger partial charge on any atom is -0.356 e.